The Labute approximate surface area is 135 Å². The van der Waals surface area contributed by atoms with E-state index in [9.17, 15) is 8.78 Å². The second-order valence-electron chi connectivity index (χ2n) is 6.30. The van der Waals surface area contributed by atoms with E-state index >= 15 is 0 Å². The van der Waals surface area contributed by atoms with Crippen LogP contribution in [0.2, 0.25) is 0 Å². The molecule has 0 spiro atoms. The van der Waals surface area contributed by atoms with Crippen molar-refractivity contribution in [2.24, 2.45) is 5.92 Å². The third kappa shape index (κ3) is 4.29. The van der Waals surface area contributed by atoms with Crippen molar-refractivity contribution in [1.29, 1.82) is 0 Å². The van der Waals surface area contributed by atoms with Crippen LogP contribution in [0.15, 0.2) is 42.5 Å². The fraction of sp³-hybridized carbons (Fsp3) is 0.368. The standard InChI is InChI=1S/C19H21F2NO/c1-14-7-8-22(11-14)12-16-5-6-18(10-19(16)21)23-13-15-3-2-4-17(20)9-15/h2-6,9-10,14H,7-8,11-13H2,1H3/t14-/m0/s1. The lowest BCUT2D eigenvalue weighted by atomic mass is 10.1. The molecule has 0 amide bonds. The highest BCUT2D eigenvalue weighted by Gasteiger charge is 2.19. The number of ether oxygens (including phenoxy) is 1. The van der Waals surface area contributed by atoms with Gasteiger partial charge in [-0.1, -0.05) is 25.1 Å². The van der Waals surface area contributed by atoms with Crippen molar-refractivity contribution in [2.45, 2.75) is 26.5 Å². The number of likely N-dealkylation sites (tertiary alicyclic amines) is 1. The van der Waals surface area contributed by atoms with E-state index in [-0.39, 0.29) is 18.2 Å². The van der Waals surface area contributed by atoms with E-state index in [1.165, 1.54) is 24.6 Å². The maximum atomic E-state index is 14.2. The van der Waals surface area contributed by atoms with Gasteiger partial charge in [0.15, 0.2) is 0 Å². The highest BCUT2D eigenvalue weighted by atomic mass is 19.1. The van der Waals surface area contributed by atoms with E-state index in [4.69, 9.17) is 4.74 Å². The molecule has 4 heteroatoms. The van der Waals surface area contributed by atoms with Gasteiger partial charge in [0.2, 0.25) is 0 Å². The van der Waals surface area contributed by atoms with E-state index in [1.807, 2.05) is 0 Å². The maximum Gasteiger partial charge on any atom is 0.131 e. The van der Waals surface area contributed by atoms with Crippen LogP contribution in [0.5, 0.6) is 5.75 Å². The summed E-state index contributed by atoms with van der Waals surface area (Å²) >= 11 is 0. The van der Waals surface area contributed by atoms with Gasteiger partial charge in [0.1, 0.15) is 24.0 Å². The predicted molar refractivity (Wildman–Crippen MR) is 86.2 cm³/mol. The first kappa shape index (κ1) is 15.9. The number of rotatable bonds is 5. The molecule has 1 aliphatic heterocycles. The summed E-state index contributed by atoms with van der Waals surface area (Å²) in [6, 6.07) is 11.2. The van der Waals surface area contributed by atoms with Crippen molar-refractivity contribution in [3.05, 3.63) is 65.2 Å². The SMILES string of the molecule is C[C@H]1CCN(Cc2ccc(OCc3cccc(F)c3)cc2F)C1. The summed E-state index contributed by atoms with van der Waals surface area (Å²) < 4.78 is 32.9. The van der Waals surface area contributed by atoms with Crippen LogP contribution >= 0.6 is 0 Å². The highest BCUT2D eigenvalue weighted by Crippen LogP contribution is 2.22. The molecule has 0 aliphatic carbocycles. The fourth-order valence-corrected chi connectivity index (χ4v) is 2.95. The molecule has 3 rings (SSSR count). The number of hydrogen-bond acceptors (Lipinski definition) is 2. The van der Waals surface area contributed by atoms with Crippen LogP contribution in [0.25, 0.3) is 0 Å². The summed E-state index contributed by atoms with van der Waals surface area (Å²) in [5.74, 6) is 0.603. The predicted octanol–water partition coefficient (Wildman–Crippen LogP) is 4.39. The zero-order valence-corrected chi connectivity index (χ0v) is 13.3. The van der Waals surface area contributed by atoms with Gasteiger partial charge in [0.25, 0.3) is 0 Å². The van der Waals surface area contributed by atoms with Gasteiger partial charge >= 0.3 is 0 Å². The third-order valence-electron chi connectivity index (χ3n) is 4.22. The second kappa shape index (κ2) is 7.09. The Hall–Kier alpha value is -1.94. The Morgan fingerprint density at radius 1 is 1.17 bits per heavy atom. The molecule has 2 nitrogen and oxygen atoms in total. The largest absolute Gasteiger partial charge is 0.489 e. The summed E-state index contributed by atoms with van der Waals surface area (Å²) in [6.07, 6.45) is 1.18. The van der Waals surface area contributed by atoms with Gasteiger partial charge in [0, 0.05) is 24.7 Å². The number of benzene rings is 2. The van der Waals surface area contributed by atoms with Crippen molar-refractivity contribution < 1.29 is 13.5 Å². The van der Waals surface area contributed by atoms with Crippen LogP contribution in [0, 0.1) is 17.6 Å². The first-order valence-electron chi connectivity index (χ1n) is 7.98. The summed E-state index contributed by atoms with van der Waals surface area (Å²) in [6.45, 7) is 5.13. The third-order valence-corrected chi connectivity index (χ3v) is 4.22. The lowest BCUT2D eigenvalue weighted by molar-refractivity contribution is 0.300. The summed E-state index contributed by atoms with van der Waals surface area (Å²) in [7, 11) is 0. The van der Waals surface area contributed by atoms with Gasteiger partial charge in [0.05, 0.1) is 0 Å². The molecular weight excluding hydrogens is 296 g/mol. The summed E-state index contributed by atoms with van der Waals surface area (Å²) in [5.41, 5.74) is 1.41. The zero-order valence-electron chi connectivity index (χ0n) is 13.3. The second-order valence-corrected chi connectivity index (χ2v) is 6.30. The minimum Gasteiger partial charge on any atom is -0.489 e. The number of halogens is 2. The molecule has 1 atom stereocenters. The quantitative estimate of drug-likeness (QED) is 0.811. The molecule has 0 radical (unpaired) electrons. The molecule has 23 heavy (non-hydrogen) atoms. The zero-order chi connectivity index (χ0) is 16.2. The smallest absolute Gasteiger partial charge is 0.131 e. The Morgan fingerprint density at radius 2 is 2.04 bits per heavy atom. The Bertz CT molecular complexity index is 674. The van der Waals surface area contributed by atoms with E-state index in [0.717, 1.165) is 18.7 Å². The van der Waals surface area contributed by atoms with Gasteiger partial charge in [-0.05, 0) is 42.6 Å². The van der Waals surface area contributed by atoms with Crippen LogP contribution in [0.3, 0.4) is 0 Å². The van der Waals surface area contributed by atoms with Crippen molar-refractivity contribution >= 4 is 0 Å². The molecular formula is C19H21F2NO. The monoisotopic (exact) mass is 317 g/mol. The molecule has 1 saturated heterocycles. The molecule has 2 aromatic rings. The van der Waals surface area contributed by atoms with Gasteiger partial charge in [-0.25, -0.2) is 8.78 Å². The Morgan fingerprint density at radius 3 is 2.74 bits per heavy atom. The lowest BCUT2D eigenvalue weighted by Crippen LogP contribution is -2.20. The molecule has 0 N–H and O–H groups in total. The molecule has 1 aliphatic rings. The molecule has 2 aromatic carbocycles. The van der Waals surface area contributed by atoms with Crippen molar-refractivity contribution in [3.63, 3.8) is 0 Å². The van der Waals surface area contributed by atoms with Crippen LogP contribution in [0.1, 0.15) is 24.5 Å². The molecule has 0 unspecified atom stereocenters. The van der Waals surface area contributed by atoms with Gasteiger partial charge < -0.3 is 4.74 Å². The minimum absolute atomic E-state index is 0.222. The van der Waals surface area contributed by atoms with Crippen molar-refractivity contribution in [3.8, 4) is 5.75 Å². The Kier molecular flexibility index (Phi) is 4.91. The molecule has 0 aromatic heterocycles. The van der Waals surface area contributed by atoms with E-state index in [0.29, 0.717) is 23.8 Å². The van der Waals surface area contributed by atoms with Crippen LogP contribution in [0.4, 0.5) is 8.78 Å². The maximum absolute atomic E-state index is 14.2. The van der Waals surface area contributed by atoms with Crippen molar-refractivity contribution in [2.75, 3.05) is 13.1 Å². The molecule has 0 saturated carbocycles. The minimum atomic E-state index is -0.299. The molecule has 122 valence electrons. The first-order chi connectivity index (χ1) is 11.1. The van der Waals surface area contributed by atoms with Gasteiger partial charge in [-0.2, -0.15) is 0 Å². The van der Waals surface area contributed by atoms with Crippen molar-refractivity contribution in [1.82, 2.24) is 4.90 Å². The van der Waals surface area contributed by atoms with Crippen LogP contribution in [-0.2, 0) is 13.2 Å². The molecule has 0 bridgehead atoms. The normalized spacial score (nSPS) is 18.3. The Balaban J connectivity index is 1.60. The summed E-state index contributed by atoms with van der Waals surface area (Å²) in [4.78, 5) is 2.27. The van der Waals surface area contributed by atoms with E-state index in [1.54, 1.807) is 24.3 Å². The summed E-state index contributed by atoms with van der Waals surface area (Å²) in [5, 5.41) is 0. The van der Waals surface area contributed by atoms with E-state index < -0.39 is 0 Å². The average Bonchev–Trinajstić information content (AvgIpc) is 2.93. The van der Waals surface area contributed by atoms with Crippen LogP contribution < -0.4 is 4.74 Å². The molecule has 1 heterocycles. The van der Waals surface area contributed by atoms with Crippen LogP contribution in [-0.4, -0.2) is 18.0 Å². The van der Waals surface area contributed by atoms with E-state index in [2.05, 4.69) is 11.8 Å². The highest BCUT2D eigenvalue weighted by molar-refractivity contribution is 5.29. The van der Waals surface area contributed by atoms with Gasteiger partial charge in [-0.3, -0.25) is 4.90 Å². The molecule has 1 fully saturated rings. The lowest BCUT2D eigenvalue weighted by Gasteiger charge is -2.16. The topological polar surface area (TPSA) is 12.5 Å². The number of hydrogen-bond donors (Lipinski definition) is 0. The first-order valence-corrected chi connectivity index (χ1v) is 7.98. The number of nitrogens with zero attached hydrogens (tertiary/aromatic N) is 1. The average molecular weight is 317 g/mol. The fourth-order valence-electron chi connectivity index (χ4n) is 2.95. The van der Waals surface area contributed by atoms with Gasteiger partial charge in [-0.15, -0.1) is 0 Å².